The summed E-state index contributed by atoms with van der Waals surface area (Å²) < 4.78 is 1.17. The molecule has 2 rings (SSSR count). The first-order valence-electron chi connectivity index (χ1n) is 6.09. The summed E-state index contributed by atoms with van der Waals surface area (Å²) in [5, 5.41) is 0. The van der Waals surface area contributed by atoms with E-state index in [1.54, 1.807) is 0 Å². The molecule has 0 spiro atoms. The lowest BCUT2D eigenvalue weighted by atomic mass is 9.73. The van der Waals surface area contributed by atoms with Crippen LogP contribution in [0, 0.1) is 5.92 Å². The monoisotopic (exact) mass is 278 g/mol. The van der Waals surface area contributed by atoms with Crippen molar-refractivity contribution in [2.75, 3.05) is 0 Å². The molecule has 0 saturated heterocycles. The molecule has 0 N–H and O–H groups in total. The Morgan fingerprint density at radius 2 is 1.81 bits per heavy atom. The molecule has 0 aromatic heterocycles. The average Bonchev–Trinajstić information content (AvgIpc) is 2.30. The highest BCUT2D eigenvalue weighted by Crippen LogP contribution is 2.41. The number of halogens is 1. The number of allylic oxidation sites excluding steroid dienone is 1. The summed E-state index contributed by atoms with van der Waals surface area (Å²) in [6, 6.07) is 8.82. The molecule has 1 aromatic carbocycles. The van der Waals surface area contributed by atoms with Crippen LogP contribution in [0.2, 0.25) is 0 Å². The predicted octanol–water partition coefficient (Wildman–Crippen LogP) is 5.30. The van der Waals surface area contributed by atoms with Gasteiger partial charge in [-0.25, -0.2) is 0 Å². The van der Waals surface area contributed by atoms with E-state index < -0.39 is 0 Å². The normalized spacial score (nSPS) is 25.4. The van der Waals surface area contributed by atoms with Gasteiger partial charge >= 0.3 is 0 Å². The number of rotatable bonds is 2. The molecule has 16 heavy (non-hydrogen) atoms. The maximum atomic E-state index is 4.16. The molecule has 1 aliphatic rings. The quantitative estimate of drug-likeness (QED) is 0.644. The van der Waals surface area contributed by atoms with Crippen molar-refractivity contribution in [1.82, 2.24) is 0 Å². The molecule has 0 heterocycles. The van der Waals surface area contributed by atoms with E-state index in [-0.39, 0.29) is 0 Å². The largest absolute Gasteiger partial charge is 0.0998 e. The highest BCUT2D eigenvalue weighted by molar-refractivity contribution is 9.10. The first-order chi connectivity index (χ1) is 7.68. The minimum atomic E-state index is 0.690. The average molecular weight is 279 g/mol. The highest BCUT2D eigenvalue weighted by Gasteiger charge is 2.26. The van der Waals surface area contributed by atoms with E-state index in [0.717, 1.165) is 0 Å². The zero-order chi connectivity index (χ0) is 11.5. The van der Waals surface area contributed by atoms with Gasteiger partial charge in [0.2, 0.25) is 0 Å². The second-order valence-electron chi connectivity index (χ2n) is 4.90. The zero-order valence-corrected chi connectivity index (χ0v) is 11.5. The smallest absolute Gasteiger partial charge is 0.0175 e. The SMILES string of the molecule is C=C(C)[C@@H]1CCCC[C@H]1c1ccc(Br)cc1. The van der Waals surface area contributed by atoms with Gasteiger partial charge < -0.3 is 0 Å². The fourth-order valence-corrected chi connectivity index (χ4v) is 3.09. The van der Waals surface area contributed by atoms with E-state index >= 15 is 0 Å². The topological polar surface area (TPSA) is 0 Å². The lowest BCUT2D eigenvalue weighted by Crippen LogP contribution is -2.18. The van der Waals surface area contributed by atoms with Crippen LogP contribution in [0.1, 0.15) is 44.1 Å². The third kappa shape index (κ3) is 2.57. The van der Waals surface area contributed by atoms with Gasteiger partial charge in [-0.05, 0) is 49.3 Å². The molecule has 1 heteroatoms. The van der Waals surface area contributed by atoms with E-state index in [1.165, 1.54) is 41.3 Å². The highest BCUT2D eigenvalue weighted by atomic mass is 79.9. The maximum absolute atomic E-state index is 4.16. The standard InChI is InChI=1S/C15H19Br/c1-11(2)14-5-3-4-6-15(14)12-7-9-13(16)10-8-12/h7-10,14-15H,1,3-6H2,2H3/t14-,15-/m0/s1. The molecule has 0 aliphatic heterocycles. The van der Waals surface area contributed by atoms with Crippen molar-refractivity contribution in [3.8, 4) is 0 Å². The third-order valence-electron chi connectivity index (χ3n) is 3.70. The maximum Gasteiger partial charge on any atom is 0.0175 e. The van der Waals surface area contributed by atoms with Gasteiger partial charge in [0.15, 0.2) is 0 Å². The lowest BCUT2D eigenvalue weighted by Gasteiger charge is -2.32. The lowest BCUT2D eigenvalue weighted by molar-refractivity contribution is 0.348. The molecule has 0 unspecified atom stereocenters. The molecule has 1 aliphatic carbocycles. The van der Waals surface area contributed by atoms with Crippen molar-refractivity contribution in [2.45, 2.75) is 38.5 Å². The van der Waals surface area contributed by atoms with Crippen molar-refractivity contribution in [1.29, 1.82) is 0 Å². The Hall–Kier alpha value is -0.560. The van der Waals surface area contributed by atoms with E-state index in [4.69, 9.17) is 0 Å². The number of benzene rings is 1. The molecule has 2 atom stereocenters. The summed E-state index contributed by atoms with van der Waals surface area (Å²) in [6.45, 7) is 6.35. The Morgan fingerprint density at radius 3 is 2.44 bits per heavy atom. The zero-order valence-electron chi connectivity index (χ0n) is 9.88. The van der Waals surface area contributed by atoms with Gasteiger partial charge in [-0.1, -0.05) is 53.1 Å². The molecule has 1 saturated carbocycles. The van der Waals surface area contributed by atoms with Gasteiger partial charge in [-0.3, -0.25) is 0 Å². The van der Waals surface area contributed by atoms with E-state index in [0.29, 0.717) is 11.8 Å². The molecule has 86 valence electrons. The van der Waals surface area contributed by atoms with Gasteiger partial charge in [-0.15, -0.1) is 0 Å². The number of hydrogen-bond donors (Lipinski definition) is 0. The Labute approximate surface area is 107 Å². The van der Waals surface area contributed by atoms with Crippen LogP contribution in [0.15, 0.2) is 40.9 Å². The molecular weight excluding hydrogens is 260 g/mol. The summed E-state index contributed by atoms with van der Waals surface area (Å²) in [5.41, 5.74) is 2.84. The minimum absolute atomic E-state index is 0.690. The Bertz CT molecular complexity index is 364. The van der Waals surface area contributed by atoms with Crippen molar-refractivity contribution in [3.63, 3.8) is 0 Å². The van der Waals surface area contributed by atoms with Gasteiger partial charge in [0.05, 0.1) is 0 Å². The molecule has 0 nitrogen and oxygen atoms in total. The van der Waals surface area contributed by atoms with E-state index in [1.807, 2.05) is 0 Å². The van der Waals surface area contributed by atoms with Crippen LogP contribution >= 0.6 is 15.9 Å². The van der Waals surface area contributed by atoms with Crippen LogP contribution in [0.4, 0.5) is 0 Å². The Balaban J connectivity index is 2.23. The van der Waals surface area contributed by atoms with Gasteiger partial charge in [-0.2, -0.15) is 0 Å². The predicted molar refractivity (Wildman–Crippen MR) is 73.7 cm³/mol. The van der Waals surface area contributed by atoms with Crippen LogP contribution in [0.25, 0.3) is 0 Å². The Kier molecular flexibility index (Phi) is 3.86. The van der Waals surface area contributed by atoms with Gasteiger partial charge in [0.25, 0.3) is 0 Å². The summed E-state index contributed by atoms with van der Waals surface area (Å²) in [7, 11) is 0. The van der Waals surface area contributed by atoms with Crippen LogP contribution < -0.4 is 0 Å². The van der Waals surface area contributed by atoms with Gasteiger partial charge in [0, 0.05) is 4.47 Å². The summed E-state index contributed by atoms with van der Waals surface area (Å²) >= 11 is 3.50. The van der Waals surface area contributed by atoms with Crippen molar-refractivity contribution in [2.24, 2.45) is 5.92 Å². The molecule has 0 amide bonds. The first-order valence-corrected chi connectivity index (χ1v) is 6.88. The van der Waals surface area contributed by atoms with Gasteiger partial charge in [0.1, 0.15) is 0 Å². The van der Waals surface area contributed by atoms with Crippen molar-refractivity contribution < 1.29 is 0 Å². The number of hydrogen-bond acceptors (Lipinski definition) is 0. The fraction of sp³-hybridized carbons (Fsp3) is 0.467. The van der Waals surface area contributed by atoms with E-state index in [2.05, 4.69) is 53.7 Å². The molecule has 1 aromatic rings. The van der Waals surface area contributed by atoms with Crippen LogP contribution in [-0.2, 0) is 0 Å². The van der Waals surface area contributed by atoms with Crippen molar-refractivity contribution in [3.05, 3.63) is 46.5 Å². The molecule has 0 radical (unpaired) electrons. The van der Waals surface area contributed by atoms with Crippen LogP contribution in [0.3, 0.4) is 0 Å². The first kappa shape index (κ1) is 11.9. The van der Waals surface area contributed by atoms with Crippen LogP contribution in [-0.4, -0.2) is 0 Å². The molecular formula is C15H19Br. The minimum Gasteiger partial charge on any atom is -0.0998 e. The van der Waals surface area contributed by atoms with Crippen molar-refractivity contribution >= 4 is 15.9 Å². The second-order valence-corrected chi connectivity index (χ2v) is 5.81. The third-order valence-corrected chi connectivity index (χ3v) is 4.23. The fourth-order valence-electron chi connectivity index (χ4n) is 2.83. The summed E-state index contributed by atoms with van der Waals surface area (Å²) in [6.07, 6.45) is 5.37. The second kappa shape index (κ2) is 5.18. The van der Waals surface area contributed by atoms with E-state index in [9.17, 15) is 0 Å². The molecule has 1 fully saturated rings. The molecule has 0 bridgehead atoms. The summed E-state index contributed by atoms with van der Waals surface area (Å²) in [4.78, 5) is 0. The summed E-state index contributed by atoms with van der Waals surface area (Å²) in [5.74, 6) is 1.38. The van der Waals surface area contributed by atoms with Crippen LogP contribution in [0.5, 0.6) is 0 Å². The Morgan fingerprint density at radius 1 is 1.19 bits per heavy atom.